The van der Waals surface area contributed by atoms with Crippen molar-refractivity contribution >= 4 is 12.1 Å². The van der Waals surface area contributed by atoms with Crippen LogP contribution in [0.2, 0.25) is 0 Å². The summed E-state index contributed by atoms with van der Waals surface area (Å²) < 4.78 is 43.1. The van der Waals surface area contributed by atoms with E-state index in [4.69, 9.17) is 10.6 Å². The molecule has 0 aliphatic rings. The molecule has 0 fully saturated rings. The Morgan fingerprint density at radius 3 is 2.38 bits per heavy atom. The Balaban J connectivity index is 2.70. The predicted molar refractivity (Wildman–Crippen MR) is 88.1 cm³/mol. The summed E-state index contributed by atoms with van der Waals surface area (Å²) in [4.78, 5) is 23.2. The molecule has 1 aromatic carbocycles. The number of rotatable bonds is 6. The second-order valence-electron chi connectivity index (χ2n) is 6.83. The molecule has 26 heavy (non-hydrogen) atoms. The van der Waals surface area contributed by atoms with E-state index in [1.807, 2.05) is 0 Å². The zero-order valence-electron chi connectivity index (χ0n) is 14.8. The molecule has 9 heteroatoms. The van der Waals surface area contributed by atoms with E-state index in [0.717, 1.165) is 12.1 Å². The molecule has 0 saturated carbocycles. The van der Waals surface area contributed by atoms with Crippen molar-refractivity contribution in [3.8, 4) is 0 Å². The molecule has 146 valence electrons. The number of aryl methyl sites for hydroxylation is 1. The summed E-state index contributed by atoms with van der Waals surface area (Å²) in [6.07, 6.45) is -5.00. The van der Waals surface area contributed by atoms with Gasteiger partial charge in [0.25, 0.3) is 0 Å². The van der Waals surface area contributed by atoms with Gasteiger partial charge in [-0.2, -0.15) is 13.2 Å². The summed E-state index contributed by atoms with van der Waals surface area (Å²) in [6.45, 7) is 4.84. The molecular weight excluding hydrogens is 353 g/mol. The van der Waals surface area contributed by atoms with Crippen molar-refractivity contribution in [1.29, 1.82) is 0 Å². The van der Waals surface area contributed by atoms with Gasteiger partial charge in [0.2, 0.25) is 0 Å². The van der Waals surface area contributed by atoms with Crippen LogP contribution in [0.5, 0.6) is 0 Å². The Kier molecular flexibility index (Phi) is 7.02. The highest BCUT2D eigenvalue weighted by atomic mass is 19.4. The van der Waals surface area contributed by atoms with Crippen LogP contribution in [-0.4, -0.2) is 33.8 Å². The molecule has 0 heterocycles. The number of carbonyl (C=O) groups is 2. The van der Waals surface area contributed by atoms with Gasteiger partial charge in [0, 0.05) is 0 Å². The minimum Gasteiger partial charge on any atom is -0.480 e. The highest BCUT2D eigenvalue weighted by Crippen LogP contribution is 2.29. The highest BCUT2D eigenvalue weighted by molar-refractivity contribution is 5.79. The van der Waals surface area contributed by atoms with Crippen LogP contribution >= 0.6 is 0 Å². The van der Waals surface area contributed by atoms with Crippen LogP contribution in [-0.2, 0) is 22.1 Å². The lowest BCUT2D eigenvalue weighted by Crippen LogP contribution is -2.51. The van der Waals surface area contributed by atoms with E-state index < -0.39 is 35.4 Å². The second-order valence-corrected chi connectivity index (χ2v) is 6.83. The van der Waals surface area contributed by atoms with E-state index in [1.54, 1.807) is 20.8 Å². The molecule has 0 spiro atoms. The third kappa shape index (κ3) is 6.91. The summed E-state index contributed by atoms with van der Waals surface area (Å²) in [5, 5.41) is 9.76. The Morgan fingerprint density at radius 2 is 1.88 bits per heavy atom. The molecule has 0 bridgehead atoms. The number of amides is 1. The van der Waals surface area contributed by atoms with Crippen LogP contribution in [0.1, 0.15) is 44.7 Å². The van der Waals surface area contributed by atoms with Gasteiger partial charge in [-0.3, -0.25) is 0 Å². The van der Waals surface area contributed by atoms with Gasteiger partial charge >= 0.3 is 18.2 Å². The molecule has 1 aromatic rings. The van der Waals surface area contributed by atoms with Crippen LogP contribution in [0.4, 0.5) is 18.0 Å². The number of ether oxygens (including phenoxy) is 1. The van der Waals surface area contributed by atoms with Crippen molar-refractivity contribution in [3.63, 3.8) is 0 Å². The fraction of sp³-hybridized carbons (Fsp3) is 0.529. The Labute approximate surface area is 149 Å². The number of carboxylic acids is 1. The van der Waals surface area contributed by atoms with Crippen molar-refractivity contribution in [2.75, 3.05) is 0 Å². The Hall–Kier alpha value is -2.29. The molecule has 0 radical (unpaired) electrons. The number of nitrogens with zero attached hydrogens (tertiary/aromatic N) is 1. The first kappa shape index (κ1) is 21.8. The number of carboxylic acid groups (broad SMARTS) is 1. The first-order valence-electron chi connectivity index (χ1n) is 7.97. The van der Waals surface area contributed by atoms with Crippen molar-refractivity contribution in [2.45, 2.75) is 57.9 Å². The molecule has 1 amide bonds. The number of hydrazine groups is 1. The van der Waals surface area contributed by atoms with E-state index in [2.05, 4.69) is 0 Å². The van der Waals surface area contributed by atoms with Gasteiger partial charge in [0.1, 0.15) is 11.6 Å². The van der Waals surface area contributed by atoms with Gasteiger partial charge < -0.3 is 9.84 Å². The molecule has 0 saturated heterocycles. The Morgan fingerprint density at radius 1 is 1.27 bits per heavy atom. The number of hydrogen-bond donors (Lipinski definition) is 2. The van der Waals surface area contributed by atoms with E-state index in [0.29, 0.717) is 10.6 Å². The largest absolute Gasteiger partial charge is 0.480 e. The van der Waals surface area contributed by atoms with E-state index in [1.165, 1.54) is 12.1 Å². The lowest BCUT2D eigenvalue weighted by atomic mass is 10.0. The van der Waals surface area contributed by atoms with Gasteiger partial charge in [-0.15, -0.1) is 0 Å². The zero-order valence-corrected chi connectivity index (χ0v) is 14.8. The summed E-state index contributed by atoms with van der Waals surface area (Å²) >= 11 is 0. The topological polar surface area (TPSA) is 92.9 Å². The maximum Gasteiger partial charge on any atom is 0.425 e. The highest BCUT2D eigenvalue weighted by Gasteiger charge is 2.31. The molecule has 1 unspecified atom stereocenters. The maximum atomic E-state index is 12.7. The van der Waals surface area contributed by atoms with Crippen LogP contribution in [0.3, 0.4) is 0 Å². The van der Waals surface area contributed by atoms with Crippen molar-refractivity contribution in [2.24, 2.45) is 5.84 Å². The summed E-state index contributed by atoms with van der Waals surface area (Å²) in [5.41, 5.74) is -1.18. The monoisotopic (exact) mass is 376 g/mol. The summed E-state index contributed by atoms with van der Waals surface area (Å²) in [5.74, 6) is 4.24. The smallest absolute Gasteiger partial charge is 0.425 e. The molecule has 3 N–H and O–H groups in total. The number of hydrogen-bond acceptors (Lipinski definition) is 4. The number of halogens is 3. The standard InChI is InChI=1S/C17H23F3N2O4/c1-16(2,3)26-15(25)22(21)13(14(23)24)9-5-7-11-6-4-8-12(10-11)17(18,19)20/h4,6,8,10,13H,5,7,9,21H2,1-3H3,(H,23,24). The van der Waals surface area contributed by atoms with Crippen LogP contribution in [0.15, 0.2) is 24.3 Å². The minimum absolute atomic E-state index is 0.0265. The molecule has 1 atom stereocenters. The minimum atomic E-state index is -4.44. The van der Waals surface area contributed by atoms with Gasteiger partial charge in [-0.1, -0.05) is 18.2 Å². The van der Waals surface area contributed by atoms with Gasteiger partial charge in [0.05, 0.1) is 5.56 Å². The lowest BCUT2D eigenvalue weighted by molar-refractivity contribution is -0.143. The quantitative estimate of drug-likeness (QED) is 0.450. The second kappa shape index (κ2) is 8.39. The summed E-state index contributed by atoms with van der Waals surface area (Å²) in [6, 6.07) is 3.47. The molecule has 6 nitrogen and oxygen atoms in total. The fourth-order valence-corrected chi connectivity index (χ4v) is 2.23. The van der Waals surface area contributed by atoms with Crippen molar-refractivity contribution < 1.29 is 32.6 Å². The van der Waals surface area contributed by atoms with Gasteiger partial charge in [-0.25, -0.2) is 20.4 Å². The number of nitrogens with two attached hydrogens (primary N) is 1. The predicted octanol–water partition coefficient (Wildman–Crippen LogP) is 3.59. The number of aliphatic carboxylic acids is 1. The SMILES string of the molecule is CC(C)(C)OC(=O)N(N)C(CCCc1cccc(C(F)(F)F)c1)C(=O)O. The van der Waals surface area contributed by atoms with Gasteiger partial charge in [-0.05, 0) is 51.7 Å². The molecule has 0 aliphatic carbocycles. The first-order valence-corrected chi connectivity index (χ1v) is 7.97. The molecule has 1 rings (SSSR count). The van der Waals surface area contributed by atoms with Crippen molar-refractivity contribution in [3.05, 3.63) is 35.4 Å². The van der Waals surface area contributed by atoms with Crippen LogP contribution in [0.25, 0.3) is 0 Å². The van der Waals surface area contributed by atoms with E-state index in [9.17, 15) is 27.9 Å². The average Bonchev–Trinajstić information content (AvgIpc) is 2.48. The van der Waals surface area contributed by atoms with Crippen molar-refractivity contribution in [1.82, 2.24) is 5.01 Å². The molecular formula is C17H23F3N2O4. The third-order valence-electron chi connectivity index (χ3n) is 3.42. The number of carbonyl (C=O) groups excluding carboxylic acids is 1. The van der Waals surface area contributed by atoms with Crippen LogP contribution < -0.4 is 5.84 Å². The zero-order chi connectivity index (χ0) is 20.1. The van der Waals surface area contributed by atoms with E-state index in [-0.39, 0.29) is 19.3 Å². The lowest BCUT2D eigenvalue weighted by Gasteiger charge is -2.27. The van der Waals surface area contributed by atoms with Crippen LogP contribution in [0, 0.1) is 0 Å². The summed E-state index contributed by atoms with van der Waals surface area (Å²) in [7, 11) is 0. The number of alkyl halides is 3. The normalized spacial score (nSPS) is 13.2. The fourth-order valence-electron chi connectivity index (χ4n) is 2.23. The number of benzene rings is 1. The average molecular weight is 376 g/mol. The van der Waals surface area contributed by atoms with E-state index >= 15 is 0 Å². The maximum absolute atomic E-state index is 12.7. The first-order chi connectivity index (χ1) is 11.8. The van der Waals surface area contributed by atoms with Gasteiger partial charge in [0.15, 0.2) is 0 Å². The third-order valence-corrected chi connectivity index (χ3v) is 3.42. The molecule has 0 aromatic heterocycles. The molecule has 0 aliphatic heterocycles. The Bertz CT molecular complexity index is 642.